The normalized spacial score (nSPS) is 10.0. The van der Waals surface area contributed by atoms with Gasteiger partial charge in [0.25, 0.3) is 0 Å². The lowest BCUT2D eigenvalue weighted by molar-refractivity contribution is 0.403. The number of thiocarbonyl (C=S) groups is 2. The minimum absolute atomic E-state index is 0.111. The second-order valence-electron chi connectivity index (χ2n) is 3.69. The SMILES string of the molecule is CCC(C)(C)C(O)=S.CCCC(O)=S. The van der Waals surface area contributed by atoms with Gasteiger partial charge in [0, 0.05) is 11.8 Å². The van der Waals surface area contributed by atoms with Gasteiger partial charge in [-0.25, -0.2) is 0 Å². The zero-order valence-corrected chi connectivity index (χ0v) is 11.0. The molecular weight excluding hydrogens is 216 g/mol. The van der Waals surface area contributed by atoms with Crippen LogP contribution in [-0.2, 0) is 0 Å². The molecule has 0 aliphatic rings. The summed E-state index contributed by atoms with van der Waals surface area (Å²) >= 11 is 8.94. The predicted octanol–water partition coefficient (Wildman–Crippen LogP) is 3.98. The summed E-state index contributed by atoms with van der Waals surface area (Å²) in [6.07, 6.45) is 2.49. The molecule has 0 radical (unpaired) electrons. The molecule has 0 spiro atoms. The van der Waals surface area contributed by atoms with Crippen molar-refractivity contribution in [2.45, 2.75) is 47.0 Å². The van der Waals surface area contributed by atoms with Crippen molar-refractivity contribution in [3.05, 3.63) is 0 Å². The summed E-state index contributed by atoms with van der Waals surface area (Å²) < 4.78 is 0. The molecule has 2 N–H and O–H groups in total. The number of aliphatic hydroxyl groups is 2. The summed E-state index contributed by atoms with van der Waals surface area (Å²) in [5.74, 6) is 0. The lowest BCUT2D eigenvalue weighted by Gasteiger charge is -2.17. The number of hydrogen-bond acceptors (Lipinski definition) is 2. The van der Waals surface area contributed by atoms with E-state index in [9.17, 15) is 0 Å². The van der Waals surface area contributed by atoms with E-state index in [4.69, 9.17) is 10.2 Å². The van der Waals surface area contributed by atoms with Crippen LogP contribution in [0.4, 0.5) is 0 Å². The Hall–Kier alpha value is -0.220. The van der Waals surface area contributed by atoms with Gasteiger partial charge in [0.2, 0.25) is 0 Å². The standard InChI is InChI=1S/C6H12OS.C4H8OS/c1-4-6(2,3)5(7)8;1-2-3-4(5)6/h4H2,1-3H3,(H,7,8);2-3H2,1H3,(H,5,6). The molecule has 0 amide bonds. The molecule has 0 saturated heterocycles. The molecule has 0 fully saturated rings. The first-order chi connectivity index (χ1) is 6.27. The Morgan fingerprint density at radius 2 is 1.57 bits per heavy atom. The number of rotatable bonds is 4. The fourth-order valence-corrected chi connectivity index (χ4v) is 0.714. The predicted molar refractivity (Wildman–Crippen MR) is 69.4 cm³/mol. The van der Waals surface area contributed by atoms with Crippen LogP contribution in [0.1, 0.15) is 47.0 Å². The van der Waals surface area contributed by atoms with Crippen LogP contribution >= 0.6 is 24.4 Å². The van der Waals surface area contributed by atoms with Crippen molar-refractivity contribution in [2.75, 3.05) is 0 Å². The average Bonchev–Trinajstić information content (AvgIpc) is 2.05. The molecule has 14 heavy (non-hydrogen) atoms. The molecule has 0 atom stereocenters. The van der Waals surface area contributed by atoms with Gasteiger partial charge in [0.15, 0.2) is 10.1 Å². The van der Waals surface area contributed by atoms with Crippen molar-refractivity contribution >= 4 is 34.5 Å². The van der Waals surface area contributed by atoms with Gasteiger partial charge in [-0.1, -0.05) is 27.7 Å². The van der Waals surface area contributed by atoms with Gasteiger partial charge in [0.1, 0.15) is 0 Å². The molecule has 4 heteroatoms. The van der Waals surface area contributed by atoms with Crippen molar-refractivity contribution < 1.29 is 10.2 Å². The van der Waals surface area contributed by atoms with E-state index in [1.54, 1.807) is 0 Å². The Labute approximate surface area is 97.3 Å². The van der Waals surface area contributed by atoms with Gasteiger partial charge < -0.3 is 10.2 Å². The highest BCUT2D eigenvalue weighted by Crippen LogP contribution is 2.20. The van der Waals surface area contributed by atoms with E-state index in [-0.39, 0.29) is 15.5 Å². The molecule has 2 nitrogen and oxygen atoms in total. The molecule has 0 aromatic carbocycles. The summed E-state index contributed by atoms with van der Waals surface area (Å²) in [4.78, 5) is 0. The second-order valence-corrected chi connectivity index (χ2v) is 4.54. The molecule has 0 bridgehead atoms. The van der Waals surface area contributed by atoms with E-state index in [0.717, 1.165) is 12.8 Å². The smallest absolute Gasteiger partial charge is 0.162 e. The Balaban J connectivity index is 0. The minimum Gasteiger partial charge on any atom is -0.502 e. The van der Waals surface area contributed by atoms with Crippen molar-refractivity contribution in [3.8, 4) is 0 Å². The van der Waals surface area contributed by atoms with Crippen LogP contribution in [0.15, 0.2) is 0 Å². The minimum atomic E-state index is -0.171. The van der Waals surface area contributed by atoms with Crippen molar-refractivity contribution in [1.82, 2.24) is 0 Å². The van der Waals surface area contributed by atoms with Gasteiger partial charge in [-0.05, 0) is 37.3 Å². The second kappa shape index (κ2) is 8.12. The Kier molecular flexibility index (Phi) is 9.41. The van der Waals surface area contributed by atoms with Gasteiger partial charge >= 0.3 is 0 Å². The lowest BCUT2D eigenvalue weighted by atomic mass is 9.92. The first-order valence-corrected chi connectivity index (χ1v) is 5.54. The molecule has 0 unspecified atom stereocenters. The van der Waals surface area contributed by atoms with Crippen LogP contribution in [0.25, 0.3) is 0 Å². The number of aliphatic hydroxyl groups excluding tert-OH is 2. The zero-order valence-electron chi connectivity index (χ0n) is 9.33. The fourth-order valence-electron chi connectivity index (χ4n) is 0.365. The zero-order chi connectivity index (χ0) is 11.8. The highest BCUT2D eigenvalue weighted by Gasteiger charge is 2.19. The highest BCUT2D eigenvalue weighted by molar-refractivity contribution is 7.80. The van der Waals surface area contributed by atoms with Gasteiger partial charge in [-0.15, -0.1) is 0 Å². The van der Waals surface area contributed by atoms with Crippen molar-refractivity contribution in [3.63, 3.8) is 0 Å². The van der Waals surface area contributed by atoms with Gasteiger partial charge in [-0.3, -0.25) is 0 Å². The molecule has 84 valence electrons. The van der Waals surface area contributed by atoms with Gasteiger partial charge in [0.05, 0.1) is 0 Å². The van der Waals surface area contributed by atoms with E-state index >= 15 is 0 Å². The molecule has 0 aliphatic carbocycles. The molecular formula is C10H20O2S2. The molecule has 0 saturated carbocycles. The van der Waals surface area contributed by atoms with E-state index in [1.807, 2.05) is 27.7 Å². The van der Waals surface area contributed by atoms with Crippen LogP contribution in [0, 0.1) is 5.41 Å². The largest absolute Gasteiger partial charge is 0.502 e. The number of hydrogen-bond donors (Lipinski definition) is 2. The van der Waals surface area contributed by atoms with E-state index < -0.39 is 0 Å². The topological polar surface area (TPSA) is 40.5 Å². The molecule has 0 aromatic heterocycles. The Morgan fingerprint density at radius 1 is 1.14 bits per heavy atom. The molecule has 0 aromatic rings. The summed E-state index contributed by atoms with van der Waals surface area (Å²) in [5, 5.41) is 17.3. The first kappa shape index (κ1) is 16.2. The molecule has 0 rings (SSSR count). The van der Waals surface area contributed by atoms with Crippen LogP contribution in [-0.4, -0.2) is 20.3 Å². The van der Waals surface area contributed by atoms with Crippen LogP contribution < -0.4 is 0 Å². The van der Waals surface area contributed by atoms with E-state index in [1.165, 1.54) is 0 Å². The lowest BCUT2D eigenvalue weighted by Crippen LogP contribution is -2.20. The third-order valence-corrected chi connectivity index (χ3v) is 2.68. The van der Waals surface area contributed by atoms with E-state index in [2.05, 4.69) is 24.4 Å². The quantitative estimate of drug-likeness (QED) is 0.724. The van der Waals surface area contributed by atoms with Crippen molar-refractivity contribution in [2.24, 2.45) is 5.41 Å². The third kappa shape index (κ3) is 9.86. The maximum atomic E-state index is 8.81. The summed E-state index contributed by atoms with van der Waals surface area (Å²) in [5.41, 5.74) is -0.171. The van der Waals surface area contributed by atoms with Crippen LogP contribution in [0.3, 0.4) is 0 Å². The Bertz CT molecular complexity index is 189. The fraction of sp³-hybridized carbons (Fsp3) is 0.800. The van der Waals surface area contributed by atoms with Gasteiger partial charge in [-0.2, -0.15) is 0 Å². The maximum absolute atomic E-state index is 8.81. The van der Waals surface area contributed by atoms with Crippen molar-refractivity contribution in [1.29, 1.82) is 0 Å². The monoisotopic (exact) mass is 236 g/mol. The molecule has 0 heterocycles. The summed E-state index contributed by atoms with van der Waals surface area (Å²) in [6, 6.07) is 0. The third-order valence-electron chi connectivity index (χ3n) is 1.93. The highest BCUT2D eigenvalue weighted by atomic mass is 32.1. The van der Waals surface area contributed by atoms with Crippen LogP contribution in [0.5, 0.6) is 0 Å². The average molecular weight is 236 g/mol. The summed E-state index contributed by atoms with van der Waals surface area (Å²) in [6.45, 7) is 7.83. The van der Waals surface area contributed by atoms with E-state index in [0.29, 0.717) is 6.42 Å². The summed E-state index contributed by atoms with van der Waals surface area (Å²) in [7, 11) is 0. The van der Waals surface area contributed by atoms with Crippen LogP contribution in [0.2, 0.25) is 0 Å². The first-order valence-electron chi connectivity index (χ1n) is 4.73. The maximum Gasteiger partial charge on any atom is 0.162 e. The molecule has 0 aliphatic heterocycles. The Morgan fingerprint density at radius 3 is 1.57 bits per heavy atom.